The Kier molecular flexibility index (Phi) is 8.43. The lowest BCUT2D eigenvalue weighted by molar-refractivity contribution is 0.102. The van der Waals surface area contributed by atoms with E-state index in [0.29, 0.717) is 61.3 Å². The molecule has 42 heavy (non-hydrogen) atoms. The Bertz CT molecular complexity index is 1560. The van der Waals surface area contributed by atoms with Crippen LogP contribution in [0.1, 0.15) is 30.1 Å². The van der Waals surface area contributed by atoms with E-state index in [0.717, 1.165) is 30.4 Å². The van der Waals surface area contributed by atoms with Gasteiger partial charge in [-0.2, -0.15) is 4.98 Å². The van der Waals surface area contributed by atoms with Gasteiger partial charge >= 0.3 is 0 Å². The average Bonchev–Trinajstić information content (AvgIpc) is 3.49. The van der Waals surface area contributed by atoms with E-state index in [9.17, 15) is 9.18 Å². The topological polar surface area (TPSA) is 91.9 Å². The van der Waals surface area contributed by atoms with Crippen molar-refractivity contribution in [3.8, 4) is 11.6 Å². The standard InChI is InChI=1S/C32H35FN6O3/c1-2-38-13-5-6-24(38)21-35-32-34-12-11-30(37-32)42-29-10-9-28(26-7-3-4-8-27(26)29)36-31(40)22-18-23(33)20-25(19-22)39-14-16-41-17-15-39/h3-4,7-12,18-20,24H,2,5-6,13-17,21H2,1H3,(H,36,40)(H,34,35,37)/t24-/m0/s1. The summed E-state index contributed by atoms with van der Waals surface area (Å²) in [6, 6.07) is 17.9. The number of amides is 1. The zero-order chi connectivity index (χ0) is 28.9. The van der Waals surface area contributed by atoms with Crippen molar-refractivity contribution in [2.45, 2.75) is 25.8 Å². The fraction of sp³-hybridized carbons (Fsp3) is 0.344. The zero-order valence-electron chi connectivity index (χ0n) is 23.7. The number of fused-ring (bicyclic) bond motifs is 1. The van der Waals surface area contributed by atoms with Gasteiger partial charge in [0, 0.05) is 65.6 Å². The highest BCUT2D eigenvalue weighted by atomic mass is 19.1. The fourth-order valence-corrected chi connectivity index (χ4v) is 5.72. The first kappa shape index (κ1) is 27.9. The summed E-state index contributed by atoms with van der Waals surface area (Å²) in [6.45, 7) is 7.59. The number of likely N-dealkylation sites (tertiary alicyclic amines) is 1. The van der Waals surface area contributed by atoms with Gasteiger partial charge in [0.15, 0.2) is 0 Å². The number of nitrogens with one attached hydrogen (secondary N) is 2. The number of nitrogens with zero attached hydrogens (tertiary/aromatic N) is 4. The summed E-state index contributed by atoms with van der Waals surface area (Å²) in [7, 11) is 0. The number of carbonyl (C=O) groups excluding carboxylic acids is 1. The van der Waals surface area contributed by atoms with Crippen LogP contribution in [0, 0.1) is 5.82 Å². The molecule has 0 radical (unpaired) electrons. The zero-order valence-corrected chi connectivity index (χ0v) is 23.7. The number of hydrogen-bond acceptors (Lipinski definition) is 8. The lowest BCUT2D eigenvalue weighted by atomic mass is 10.1. The van der Waals surface area contributed by atoms with Crippen LogP contribution in [0.15, 0.2) is 66.9 Å². The van der Waals surface area contributed by atoms with E-state index in [1.54, 1.807) is 30.5 Å². The largest absolute Gasteiger partial charge is 0.438 e. The molecule has 1 aromatic heterocycles. The van der Waals surface area contributed by atoms with Gasteiger partial charge in [0.2, 0.25) is 11.8 Å². The number of carbonyl (C=O) groups is 1. The molecule has 2 aliphatic heterocycles. The first-order valence-corrected chi connectivity index (χ1v) is 14.5. The minimum Gasteiger partial charge on any atom is -0.438 e. The van der Waals surface area contributed by atoms with Crippen LogP contribution in [0.3, 0.4) is 0 Å². The first-order chi connectivity index (χ1) is 20.6. The second kappa shape index (κ2) is 12.7. The van der Waals surface area contributed by atoms with Gasteiger partial charge in [-0.3, -0.25) is 9.69 Å². The number of ether oxygens (including phenoxy) is 2. The van der Waals surface area contributed by atoms with Gasteiger partial charge in [-0.15, -0.1) is 0 Å². The third kappa shape index (κ3) is 6.29. The molecule has 2 saturated heterocycles. The highest BCUT2D eigenvalue weighted by Gasteiger charge is 2.23. The molecule has 2 fully saturated rings. The lowest BCUT2D eigenvalue weighted by Crippen LogP contribution is -2.36. The number of morpholine rings is 1. The van der Waals surface area contributed by atoms with Crippen molar-refractivity contribution >= 4 is 34.0 Å². The molecular weight excluding hydrogens is 535 g/mol. The number of benzene rings is 3. The maximum atomic E-state index is 14.5. The molecule has 0 bridgehead atoms. The van der Waals surface area contributed by atoms with Gasteiger partial charge < -0.3 is 25.0 Å². The maximum absolute atomic E-state index is 14.5. The average molecular weight is 571 g/mol. The van der Waals surface area contributed by atoms with Crippen LogP contribution in [0.4, 0.5) is 21.7 Å². The molecule has 3 heterocycles. The predicted octanol–water partition coefficient (Wildman–Crippen LogP) is 5.55. The van der Waals surface area contributed by atoms with Crippen LogP contribution < -0.4 is 20.3 Å². The van der Waals surface area contributed by atoms with Crippen molar-refractivity contribution in [1.82, 2.24) is 14.9 Å². The van der Waals surface area contributed by atoms with Crippen LogP contribution in [0.25, 0.3) is 10.8 Å². The van der Waals surface area contributed by atoms with E-state index in [1.165, 1.54) is 25.0 Å². The van der Waals surface area contributed by atoms with Crippen LogP contribution in [-0.4, -0.2) is 72.8 Å². The van der Waals surface area contributed by atoms with Crippen LogP contribution >= 0.6 is 0 Å². The van der Waals surface area contributed by atoms with Gasteiger partial charge in [0.1, 0.15) is 11.6 Å². The molecule has 4 aromatic rings. The van der Waals surface area contributed by atoms with E-state index in [4.69, 9.17) is 9.47 Å². The van der Waals surface area contributed by atoms with Crippen molar-refractivity contribution in [1.29, 1.82) is 0 Å². The number of halogens is 1. The van der Waals surface area contributed by atoms with Crippen LogP contribution in [0.5, 0.6) is 11.6 Å². The quantitative estimate of drug-likeness (QED) is 0.271. The highest BCUT2D eigenvalue weighted by molar-refractivity contribution is 6.10. The number of anilines is 3. The normalized spacial score (nSPS) is 17.4. The Morgan fingerprint density at radius 2 is 1.90 bits per heavy atom. The van der Waals surface area contributed by atoms with Gasteiger partial charge in [-0.05, 0) is 56.3 Å². The molecule has 0 saturated carbocycles. The van der Waals surface area contributed by atoms with Gasteiger partial charge in [-0.1, -0.05) is 31.2 Å². The molecular formula is C32H35FN6O3. The third-order valence-electron chi connectivity index (χ3n) is 7.90. The molecule has 1 atom stereocenters. The molecule has 0 unspecified atom stereocenters. The van der Waals surface area contributed by atoms with Crippen molar-refractivity contribution in [3.05, 3.63) is 78.2 Å². The van der Waals surface area contributed by atoms with Gasteiger partial charge in [-0.25, -0.2) is 9.37 Å². The molecule has 6 rings (SSSR count). The fourth-order valence-electron chi connectivity index (χ4n) is 5.72. The molecule has 3 aromatic carbocycles. The van der Waals surface area contributed by atoms with Crippen molar-refractivity contribution in [2.75, 3.05) is 61.5 Å². The smallest absolute Gasteiger partial charge is 0.255 e. The molecule has 218 valence electrons. The lowest BCUT2D eigenvalue weighted by Gasteiger charge is -2.29. The van der Waals surface area contributed by atoms with Gasteiger partial charge in [0.05, 0.1) is 13.2 Å². The molecule has 10 heteroatoms. The Morgan fingerprint density at radius 3 is 2.74 bits per heavy atom. The second-order valence-electron chi connectivity index (χ2n) is 10.5. The number of aromatic nitrogens is 2. The molecule has 2 N–H and O–H groups in total. The third-order valence-corrected chi connectivity index (χ3v) is 7.90. The summed E-state index contributed by atoms with van der Waals surface area (Å²) in [5.74, 6) is 0.695. The summed E-state index contributed by atoms with van der Waals surface area (Å²) in [5.41, 5.74) is 1.52. The minimum absolute atomic E-state index is 0.251. The summed E-state index contributed by atoms with van der Waals surface area (Å²) in [5, 5.41) is 7.93. The summed E-state index contributed by atoms with van der Waals surface area (Å²) >= 11 is 0. The Labute approximate surface area is 244 Å². The molecule has 0 aliphatic carbocycles. The van der Waals surface area contributed by atoms with Crippen molar-refractivity contribution in [3.63, 3.8) is 0 Å². The number of hydrogen-bond donors (Lipinski definition) is 2. The van der Waals surface area contributed by atoms with E-state index >= 15 is 0 Å². The van der Waals surface area contributed by atoms with E-state index < -0.39 is 11.7 Å². The molecule has 0 spiro atoms. The van der Waals surface area contributed by atoms with E-state index in [1.807, 2.05) is 29.2 Å². The summed E-state index contributed by atoms with van der Waals surface area (Å²) < 4.78 is 26.1. The number of rotatable bonds is 9. The number of likely N-dealkylation sites (N-methyl/N-ethyl adjacent to an activating group) is 1. The Morgan fingerprint density at radius 1 is 1.07 bits per heavy atom. The van der Waals surface area contributed by atoms with E-state index in [-0.39, 0.29) is 5.56 Å². The SMILES string of the molecule is CCN1CCC[C@H]1CNc1nccc(Oc2ccc(NC(=O)c3cc(F)cc(N4CCOCC4)c3)c3ccccc23)n1. The maximum Gasteiger partial charge on any atom is 0.255 e. The first-order valence-electron chi connectivity index (χ1n) is 14.5. The Hall–Kier alpha value is -4.28. The van der Waals surface area contributed by atoms with Crippen molar-refractivity contribution < 1.29 is 18.7 Å². The van der Waals surface area contributed by atoms with Crippen molar-refractivity contribution in [2.24, 2.45) is 0 Å². The minimum atomic E-state index is -0.456. The highest BCUT2D eigenvalue weighted by Crippen LogP contribution is 2.34. The predicted molar refractivity (Wildman–Crippen MR) is 162 cm³/mol. The summed E-state index contributed by atoms with van der Waals surface area (Å²) in [4.78, 5) is 26.7. The van der Waals surface area contributed by atoms with Crippen LogP contribution in [0.2, 0.25) is 0 Å². The molecule has 9 nitrogen and oxygen atoms in total. The summed E-state index contributed by atoms with van der Waals surface area (Å²) in [6.07, 6.45) is 4.06. The van der Waals surface area contributed by atoms with Gasteiger partial charge in [0.25, 0.3) is 5.91 Å². The van der Waals surface area contributed by atoms with E-state index in [2.05, 4.69) is 32.4 Å². The second-order valence-corrected chi connectivity index (χ2v) is 10.5. The van der Waals surface area contributed by atoms with Crippen LogP contribution in [-0.2, 0) is 4.74 Å². The molecule has 1 amide bonds. The molecule has 2 aliphatic rings. The monoisotopic (exact) mass is 570 g/mol. The Balaban J connectivity index is 1.19.